The van der Waals surface area contributed by atoms with Crippen molar-refractivity contribution in [1.29, 1.82) is 0 Å². The van der Waals surface area contributed by atoms with Crippen LogP contribution in [0.2, 0.25) is 0 Å². The SMILES string of the molecule is C[C@@H](CCCOC1CCCCO1)S(C)=S. The van der Waals surface area contributed by atoms with Gasteiger partial charge in [-0.05, 0) is 38.4 Å². The van der Waals surface area contributed by atoms with Gasteiger partial charge in [0.1, 0.15) is 0 Å². The fourth-order valence-corrected chi connectivity index (χ4v) is 2.38. The minimum Gasteiger partial charge on any atom is -0.353 e. The molecule has 1 heterocycles. The summed E-state index contributed by atoms with van der Waals surface area (Å²) in [5, 5.41) is 0.649. The van der Waals surface area contributed by atoms with Gasteiger partial charge in [0.05, 0.1) is 0 Å². The standard InChI is InChI=1S/C11H22O2S2/c1-10(15(2)14)6-5-9-13-11-7-3-4-8-12-11/h10-11H,3-9H2,1-2H3/t10-,11?,15?/m0/s1. The smallest absolute Gasteiger partial charge is 0.157 e. The molecule has 2 nitrogen and oxygen atoms in total. The lowest BCUT2D eigenvalue weighted by atomic mass is 10.2. The van der Waals surface area contributed by atoms with E-state index in [9.17, 15) is 0 Å². The minimum atomic E-state index is 0.0671. The number of rotatable bonds is 6. The second-order valence-electron chi connectivity index (χ2n) is 4.12. The molecule has 1 aliphatic heterocycles. The van der Waals surface area contributed by atoms with Gasteiger partial charge in [0.25, 0.3) is 0 Å². The Morgan fingerprint density at radius 2 is 2.33 bits per heavy atom. The maximum absolute atomic E-state index is 5.66. The average molecular weight is 250 g/mol. The molecule has 15 heavy (non-hydrogen) atoms. The van der Waals surface area contributed by atoms with E-state index in [-0.39, 0.29) is 15.7 Å². The van der Waals surface area contributed by atoms with E-state index in [1.54, 1.807) is 0 Å². The molecule has 0 spiro atoms. The van der Waals surface area contributed by atoms with Gasteiger partial charge in [0.15, 0.2) is 6.29 Å². The number of hydrogen-bond donors (Lipinski definition) is 0. The van der Waals surface area contributed by atoms with Gasteiger partial charge in [0, 0.05) is 18.5 Å². The Hall–Kier alpha value is 0.490. The lowest BCUT2D eigenvalue weighted by molar-refractivity contribution is -0.162. The quantitative estimate of drug-likeness (QED) is 0.675. The summed E-state index contributed by atoms with van der Waals surface area (Å²) < 4.78 is 11.2. The van der Waals surface area contributed by atoms with Crippen LogP contribution in [-0.2, 0) is 30.1 Å². The van der Waals surface area contributed by atoms with E-state index < -0.39 is 0 Å². The first-order chi connectivity index (χ1) is 7.20. The number of hydrogen-bond acceptors (Lipinski definition) is 3. The topological polar surface area (TPSA) is 18.5 Å². The predicted octanol–water partition coefficient (Wildman–Crippen LogP) is 2.41. The van der Waals surface area contributed by atoms with Gasteiger partial charge in [-0.25, -0.2) is 0 Å². The molecular weight excluding hydrogens is 228 g/mol. The van der Waals surface area contributed by atoms with Gasteiger partial charge in [-0.1, -0.05) is 18.1 Å². The molecule has 3 atom stereocenters. The zero-order chi connectivity index (χ0) is 11.1. The van der Waals surface area contributed by atoms with E-state index in [0.717, 1.165) is 26.1 Å². The van der Waals surface area contributed by atoms with E-state index >= 15 is 0 Å². The summed E-state index contributed by atoms with van der Waals surface area (Å²) in [7, 11) is 0.128. The van der Waals surface area contributed by atoms with Crippen molar-refractivity contribution in [3.05, 3.63) is 0 Å². The van der Waals surface area contributed by atoms with Crippen LogP contribution in [0.25, 0.3) is 0 Å². The third kappa shape index (κ3) is 5.95. The Kier molecular flexibility index (Phi) is 6.97. The van der Waals surface area contributed by atoms with Gasteiger partial charge in [-0.2, -0.15) is 0 Å². The van der Waals surface area contributed by atoms with E-state index in [0.29, 0.717) is 5.25 Å². The Bertz CT molecular complexity index is 191. The number of ether oxygens (including phenoxy) is 2. The molecule has 0 aromatic rings. The van der Waals surface area contributed by atoms with Crippen molar-refractivity contribution >= 4 is 20.6 Å². The summed E-state index contributed by atoms with van der Waals surface area (Å²) in [4.78, 5) is 0. The van der Waals surface area contributed by atoms with Crippen LogP contribution in [0.4, 0.5) is 0 Å². The summed E-state index contributed by atoms with van der Waals surface area (Å²) >= 11 is 5.24. The van der Waals surface area contributed by atoms with Crippen molar-refractivity contribution in [3.63, 3.8) is 0 Å². The van der Waals surface area contributed by atoms with E-state index in [1.807, 2.05) is 0 Å². The molecule has 0 bridgehead atoms. The highest BCUT2D eigenvalue weighted by atomic mass is 32.8. The first-order valence-electron chi connectivity index (χ1n) is 5.75. The Morgan fingerprint density at radius 1 is 1.53 bits per heavy atom. The molecule has 0 aromatic heterocycles. The molecule has 1 aliphatic rings. The zero-order valence-corrected chi connectivity index (χ0v) is 11.4. The van der Waals surface area contributed by atoms with Crippen LogP contribution in [-0.4, -0.2) is 31.0 Å². The van der Waals surface area contributed by atoms with Gasteiger partial charge in [0.2, 0.25) is 0 Å². The maximum atomic E-state index is 5.66. The van der Waals surface area contributed by atoms with Crippen LogP contribution in [0, 0.1) is 0 Å². The molecule has 4 heteroatoms. The van der Waals surface area contributed by atoms with Crippen molar-refractivity contribution in [2.24, 2.45) is 0 Å². The summed E-state index contributed by atoms with van der Waals surface area (Å²) in [6.45, 7) is 3.92. The van der Waals surface area contributed by atoms with Crippen LogP contribution in [0.15, 0.2) is 0 Å². The predicted molar refractivity (Wildman–Crippen MR) is 68.9 cm³/mol. The van der Waals surface area contributed by atoms with Crippen molar-refractivity contribution < 1.29 is 9.47 Å². The van der Waals surface area contributed by atoms with Crippen LogP contribution in [0.1, 0.15) is 39.0 Å². The fourth-order valence-electron chi connectivity index (χ4n) is 1.59. The molecule has 0 aliphatic carbocycles. The Morgan fingerprint density at radius 3 is 2.93 bits per heavy atom. The third-order valence-electron chi connectivity index (χ3n) is 2.76. The molecule has 0 amide bonds. The van der Waals surface area contributed by atoms with E-state index in [1.165, 1.54) is 19.3 Å². The van der Waals surface area contributed by atoms with Crippen LogP contribution >= 0.6 is 0 Å². The zero-order valence-electron chi connectivity index (χ0n) is 9.74. The molecule has 0 radical (unpaired) electrons. The Balaban J connectivity index is 1.98. The van der Waals surface area contributed by atoms with Crippen molar-refractivity contribution in [2.75, 3.05) is 19.5 Å². The fraction of sp³-hybridized carbons (Fsp3) is 1.00. The van der Waals surface area contributed by atoms with Crippen molar-refractivity contribution in [2.45, 2.75) is 50.6 Å². The summed E-state index contributed by atoms with van der Waals surface area (Å²) in [5.74, 6) is 0. The summed E-state index contributed by atoms with van der Waals surface area (Å²) in [6, 6.07) is 0. The molecule has 0 saturated carbocycles. The van der Waals surface area contributed by atoms with Crippen molar-refractivity contribution in [3.8, 4) is 0 Å². The second kappa shape index (κ2) is 7.71. The lowest BCUT2D eigenvalue weighted by Crippen LogP contribution is -2.23. The minimum absolute atomic E-state index is 0.0671. The van der Waals surface area contributed by atoms with Gasteiger partial charge in [-0.15, -0.1) is 9.45 Å². The largest absolute Gasteiger partial charge is 0.353 e. The molecule has 1 fully saturated rings. The van der Waals surface area contributed by atoms with Crippen LogP contribution < -0.4 is 0 Å². The van der Waals surface area contributed by atoms with Gasteiger partial charge in [-0.3, -0.25) is 0 Å². The first-order valence-corrected chi connectivity index (χ1v) is 8.37. The van der Waals surface area contributed by atoms with E-state index in [4.69, 9.17) is 20.7 Å². The van der Waals surface area contributed by atoms with Gasteiger partial charge < -0.3 is 9.47 Å². The third-order valence-corrected chi connectivity index (χ3v) is 5.12. The lowest BCUT2D eigenvalue weighted by Gasteiger charge is -2.22. The second-order valence-corrected chi connectivity index (χ2v) is 7.50. The van der Waals surface area contributed by atoms with Crippen molar-refractivity contribution in [1.82, 2.24) is 0 Å². The molecule has 1 saturated heterocycles. The average Bonchev–Trinajstić information content (AvgIpc) is 2.25. The van der Waals surface area contributed by atoms with E-state index in [2.05, 4.69) is 13.2 Å². The van der Waals surface area contributed by atoms with Crippen LogP contribution in [0.5, 0.6) is 0 Å². The highest BCUT2D eigenvalue weighted by Crippen LogP contribution is 2.14. The first kappa shape index (κ1) is 13.6. The highest BCUT2D eigenvalue weighted by molar-refractivity contribution is 8.28. The van der Waals surface area contributed by atoms with Gasteiger partial charge >= 0.3 is 0 Å². The maximum Gasteiger partial charge on any atom is 0.157 e. The summed E-state index contributed by atoms with van der Waals surface area (Å²) in [5.41, 5.74) is 0. The van der Waals surface area contributed by atoms with Crippen LogP contribution in [0.3, 0.4) is 0 Å². The molecule has 0 aromatic carbocycles. The Labute approximate surface area is 100 Å². The molecule has 2 unspecified atom stereocenters. The molecular formula is C11H22O2S2. The monoisotopic (exact) mass is 250 g/mol. The summed E-state index contributed by atoms with van der Waals surface area (Å²) in [6.07, 6.45) is 7.97. The molecule has 1 rings (SSSR count). The molecule has 90 valence electrons. The normalized spacial score (nSPS) is 26.1. The highest BCUT2D eigenvalue weighted by Gasteiger charge is 2.13. The molecule has 0 N–H and O–H groups in total.